The van der Waals surface area contributed by atoms with E-state index >= 15 is 0 Å². The van der Waals surface area contributed by atoms with E-state index in [-0.39, 0.29) is 0 Å². The lowest BCUT2D eigenvalue weighted by molar-refractivity contribution is -0.0534. The van der Waals surface area contributed by atoms with E-state index in [1.165, 1.54) is 25.7 Å². The summed E-state index contributed by atoms with van der Waals surface area (Å²) in [6, 6.07) is 0. The second-order valence-corrected chi connectivity index (χ2v) is 7.95. The molecule has 1 unspecified atom stereocenters. The second-order valence-electron chi connectivity index (χ2n) is 6.33. The van der Waals surface area contributed by atoms with Crippen molar-refractivity contribution in [3.63, 3.8) is 0 Å². The van der Waals surface area contributed by atoms with Crippen LogP contribution in [0.3, 0.4) is 0 Å². The summed E-state index contributed by atoms with van der Waals surface area (Å²) in [4.78, 5) is 4.11. The van der Waals surface area contributed by atoms with E-state index in [1.807, 2.05) is 31.1 Å². The maximum absolute atomic E-state index is 13.0. The van der Waals surface area contributed by atoms with Crippen molar-refractivity contribution in [1.29, 1.82) is 0 Å². The number of rotatable bonds is 15. The van der Waals surface area contributed by atoms with E-state index < -0.39 is 14.2 Å². The van der Waals surface area contributed by atoms with Crippen molar-refractivity contribution < 1.29 is 18.1 Å². The molecule has 0 saturated carbocycles. The lowest BCUT2D eigenvalue weighted by atomic mass is 10.1. The van der Waals surface area contributed by atoms with Gasteiger partial charge >= 0.3 is 7.82 Å². The normalized spacial score (nSPS) is 17.7. The number of nitrogens with zero attached hydrogens (tertiary/aromatic N) is 2. The van der Waals surface area contributed by atoms with Gasteiger partial charge in [-0.25, -0.2) is 9.09 Å². The Labute approximate surface area is 154 Å². The zero-order valence-electron chi connectivity index (χ0n) is 16.5. The molecule has 7 heteroatoms. The summed E-state index contributed by atoms with van der Waals surface area (Å²) in [5, 5.41) is 0. The highest BCUT2D eigenvalue weighted by atomic mass is 31.2. The fourth-order valence-electron chi connectivity index (χ4n) is 2.59. The monoisotopic (exact) mass is 376 g/mol. The molecule has 25 heavy (non-hydrogen) atoms. The van der Waals surface area contributed by atoms with E-state index in [9.17, 15) is 4.57 Å². The third-order valence-corrected chi connectivity index (χ3v) is 5.48. The second kappa shape index (κ2) is 12.7. The molecule has 0 fully saturated rings. The number of phosphoric ester groups is 1. The summed E-state index contributed by atoms with van der Waals surface area (Å²) < 4.78 is 29.8. The summed E-state index contributed by atoms with van der Waals surface area (Å²) in [5.74, 6) is 0. The van der Waals surface area contributed by atoms with Gasteiger partial charge in [-0.1, -0.05) is 46.5 Å². The Morgan fingerprint density at radius 1 is 0.840 bits per heavy atom. The van der Waals surface area contributed by atoms with E-state index in [1.54, 1.807) is 0 Å². The van der Waals surface area contributed by atoms with Crippen LogP contribution in [0.1, 0.15) is 72.6 Å². The summed E-state index contributed by atoms with van der Waals surface area (Å²) in [7, 11) is -3.56. The van der Waals surface area contributed by atoms with Crippen molar-refractivity contribution in [2.75, 3.05) is 26.3 Å². The van der Waals surface area contributed by atoms with Gasteiger partial charge in [0.2, 0.25) is 6.35 Å². The van der Waals surface area contributed by atoms with Crippen LogP contribution in [0.15, 0.2) is 12.4 Å². The van der Waals surface area contributed by atoms with Gasteiger partial charge in [0.25, 0.3) is 0 Å². The van der Waals surface area contributed by atoms with E-state index in [4.69, 9.17) is 13.6 Å². The first kappa shape index (κ1) is 22.5. The quantitative estimate of drug-likeness (QED) is 0.284. The Bertz CT molecular complexity index is 408. The summed E-state index contributed by atoms with van der Waals surface area (Å²) in [6.45, 7) is 10.6. The largest absolute Gasteiger partial charge is 0.478 e. The average molecular weight is 376 g/mol. The van der Waals surface area contributed by atoms with Crippen molar-refractivity contribution in [3.05, 3.63) is 12.4 Å². The first-order valence-corrected chi connectivity index (χ1v) is 11.3. The molecule has 0 spiro atoms. The van der Waals surface area contributed by atoms with Crippen molar-refractivity contribution in [1.82, 2.24) is 9.80 Å². The van der Waals surface area contributed by atoms with Crippen molar-refractivity contribution in [2.24, 2.45) is 0 Å². The van der Waals surface area contributed by atoms with Crippen LogP contribution in [-0.2, 0) is 18.1 Å². The van der Waals surface area contributed by atoms with Crippen molar-refractivity contribution in [3.8, 4) is 0 Å². The maximum atomic E-state index is 13.0. The third-order valence-electron chi connectivity index (χ3n) is 4.03. The molecule has 1 aliphatic rings. The molecule has 1 heterocycles. The Balaban J connectivity index is 2.64. The van der Waals surface area contributed by atoms with Gasteiger partial charge in [-0.05, 0) is 26.2 Å². The highest BCUT2D eigenvalue weighted by Gasteiger charge is 2.36. The number of unbranched alkanes of at least 4 members (excludes halogenated alkanes) is 4. The molecule has 6 nitrogen and oxygen atoms in total. The molecule has 1 aliphatic heterocycles. The maximum Gasteiger partial charge on any atom is 0.478 e. The van der Waals surface area contributed by atoms with Gasteiger partial charge in [0.15, 0.2) is 0 Å². The lowest BCUT2D eigenvalue weighted by Gasteiger charge is -2.33. The van der Waals surface area contributed by atoms with Crippen LogP contribution in [0.4, 0.5) is 0 Å². The van der Waals surface area contributed by atoms with Crippen molar-refractivity contribution in [2.45, 2.75) is 79.0 Å². The predicted molar refractivity (Wildman–Crippen MR) is 102 cm³/mol. The molecule has 148 valence electrons. The summed E-state index contributed by atoms with van der Waals surface area (Å²) in [6.07, 6.45) is 11.2. The standard InChI is InChI=1S/C18H37N2O4P/c1-5-9-10-11-12-13-20-15-14-19(8-4)18(20)24-25(21,22-16-6-2)23-17-7-3/h14-15,18H,5-13,16-17H2,1-4H3. The molecule has 0 aromatic carbocycles. The topological polar surface area (TPSA) is 51.2 Å². The minimum Gasteiger partial charge on any atom is -0.334 e. The Kier molecular flexibility index (Phi) is 11.5. The molecular formula is C18H37N2O4P. The highest BCUT2D eigenvalue weighted by Crippen LogP contribution is 2.52. The van der Waals surface area contributed by atoms with Gasteiger partial charge in [0, 0.05) is 25.5 Å². The van der Waals surface area contributed by atoms with Crippen LogP contribution in [-0.4, -0.2) is 42.5 Å². The molecule has 0 amide bonds. The van der Waals surface area contributed by atoms with Crippen LogP contribution in [0.5, 0.6) is 0 Å². The molecule has 0 N–H and O–H groups in total. The zero-order valence-corrected chi connectivity index (χ0v) is 17.4. The molecule has 0 radical (unpaired) electrons. The van der Waals surface area contributed by atoms with Gasteiger partial charge in [0.05, 0.1) is 13.2 Å². The molecule has 0 aliphatic carbocycles. The van der Waals surface area contributed by atoms with E-state index in [0.29, 0.717) is 13.2 Å². The SMILES string of the molecule is CCCCCCCN1C=CN(CC)C1OP(=O)(OCCC)OCCC. The first-order chi connectivity index (χ1) is 12.1. The average Bonchev–Trinajstić information content (AvgIpc) is 2.99. The molecule has 0 aromatic rings. The summed E-state index contributed by atoms with van der Waals surface area (Å²) in [5.41, 5.74) is 0. The van der Waals surface area contributed by atoms with E-state index in [2.05, 4.69) is 18.7 Å². The number of phosphoric acid groups is 1. The van der Waals surface area contributed by atoms with Gasteiger partial charge in [-0.3, -0.25) is 9.05 Å². The van der Waals surface area contributed by atoms with E-state index in [0.717, 1.165) is 32.4 Å². The van der Waals surface area contributed by atoms with Crippen LogP contribution >= 0.6 is 7.82 Å². The van der Waals surface area contributed by atoms with Crippen LogP contribution < -0.4 is 0 Å². The Morgan fingerprint density at radius 3 is 2.00 bits per heavy atom. The Morgan fingerprint density at radius 2 is 1.44 bits per heavy atom. The van der Waals surface area contributed by atoms with Crippen LogP contribution in [0, 0.1) is 0 Å². The van der Waals surface area contributed by atoms with Crippen LogP contribution in [0.2, 0.25) is 0 Å². The molecule has 0 aromatic heterocycles. The first-order valence-electron chi connectivity index (χ1n) is 9.87. The molecule has 0 saturated heterocycles. The number of hydrogen-bond donors (Lipinski definition) is 0. The van der Waals surface area contributed by atoms with Crippen LogP contribution in [0.25, 0.3) is 0 Å². The molecule has 1 rings (SSSR count). The third kappa shape index (κ3) is 8.12. The summed E-state index contributed by atoms with van der Waals surface area (Å²) >= 11 is 0. The Hall–Kier alpha value is -0.550. The fraction of sp³-hybridized carbons (Fsp3) is 0.889. The van der Waals surface area contributed by atoms with Gasteiger partial charge in [-0.15, -0.1) is 0 Å². The zero-order chi connectivity index (χ0) is 18.5. The van der Waals surface area contributed by atoms with Gasteiger partial charge in [-0.2, -0.15) is 0 Å². The molecular weight excluding hydrogens is 339 g/mol. The highest BCUT2D eigenvalue weighted by molar-refractivity contribution is 7.48. The molecule has 0 bridgehead atoms. The smallest absolute Gasteiger partial charge is 0.334 e. The minimum absolute atomic E-state index is 0.365. The predicted octanol–water partition coefficient (Wildman–Crippen LogP) is 5.33. The lowest BCUT2D eigenvalue weighted by Crippen LogP contribution is -2.40. The molecule has 1 atom stereocenters. The van der Waals surface area contributed by atoms with Gasteiger partial charge < -0.3 is 9.80 Å². The minimum atomic E-state index is -3.56. The number of hydrogen-bond acceptors (Lipinski definition) is 6. The van der Waals surface area contributed by atoms with Crippen molar-refractivity contribution >= 4 is 7.82 Å². The fourth-order valence-corrected chi connectivity index (χ4v) is 4.08. The van der Waals surface area contributed by atoms with Gasteiger partial charge in [0.1, 0.15) is 0 Å².